The van der Waals surface area contributed by atoms with Gasteiger partial charge in [0.15, 0.2) is 0 Å². The van der Waals surface area contributed by atoms with Crippen LogP contribution in [0.25, 0.3) is 0 Å². The first-order valence-electron chi connectivity index (χ1n) is 4.27. The van der Waals surface area contributed by atoms with Crippen molar-refractivity contribution in [1.82, 2.24) is 9.96 Å². The van der Waals surface area contributed by atoms with Gasteiger partial charge in [0.2, 0.25) is 0 Å². The van der Waals surface area contributed by atoms with Gasteiger partial charge in [-0.3, -0.25) is 4.90 Å². The van der Waals surface area contributed by atoms with Gasteiger partial charge in [-0.25, -0.2) is 4.18 Å². The fraction of sp³-hybridized carbons (Fsp3) is 1.00. The van der Waals surface area contributed by atoms with Gasteiger partial charge in [-0.15, -0.1) is 0 Å². The van der Waals surface area contributed by atoms with Crippen LogP contribution < -0.4 is 0 Å². The van der Waals surface area contributed by atoms with Crippen LogP contribution in [0.5, 0.6) is 0 Å². The third-order valence-electron chi connectivity index (χ3n) is 2.74. The van der Waals surface area contributed by atoms with Gasteiger partial charge in [-0.1, -0.05) is 0 Å². The highest BCUT2D eigenvalue weighted by Gasteiger charge is 2.47. The van der Waals surface area contributed by atoms with Gasteiger partial charge in [0.1, 0.15) is 6.23 Å². The second-order valence-corrected chi connectivity index (χ2v) is 4.75. The molecular formula is C6H10N2O4S. The minimum absolute atomic E-state index is 0.218. The maximum Gasteiger partial charge on any atom is 0.417 e. The van der Waals surface area contributed by atoms with E-state index in [2.05, 4.69) is 0 Å². The SMILES string of the molecule is O=S1(=O)OC2CCC3CN2CN3O1. The predicted octanol–water partition coefficient (Wildman–Crippen LogP) is -0.743. The molecule has 3 saturated heterocycles. The first kappa shape index (κ1) is 8.13. The Morgan fingerprint density at radius 2 is 2.15 bits per heavy atom. The van der Waals surface area contributed by atoms with E-state index in [9.17, 15) is 8.42 Å². The molecule has 0 radical (unpaired) electrons. The molecule has 0 amide bonds. The summed E-state index contributed by atoms with van der Waals surface area (Å²) in [5, 5.41) is 1.50. The highest BCUT2D eigenvalue weighted by molar-refractivity contribution is 7.81. The first-order chi connectivity index (χ1) is 6.14. The maximum atomic E-state index is 11.1. The van der Waals surface area contributed by atoms with Crippen LogP contribution in [0.15, 0.2) is 0 Å². The van der Waals surface area contributed by atoms with E-state index in [1.165, 1.54) is 5.06 Å². The molecule has 3 aliphatic rings. The van der Waals surface area contributed by atoms with E-state index in [0.29, 0.717) is 6.67 Å². The van der Waals surface area contributed by atoms with Crippen LogP contribution in [0.4, 0.5) is 0 Å². The Morgan fingerprint density at radius 3 is 3.00 bits per heavy atom. The molecule has 3 rings (SSSR count). The highest BCUT2D eigenvalue weighted by Crippen LogP contribution is 2.33. The minimum atomic E-state index is -3.80. The number of hydroxylamine groups is 2. The summed E-state index contributed by atoms with van der Waals surface area (Å²) in [5.41, 5.74) is 0. The van der Waals surface area contributed by atoms with Gasteiger partial charge in [0.05, 0.1) is 12.7 Å². The lowest BCUT2D eigenvalue weighted by atomic mass is 10.1. The zero-order valence-corrected chi connectivity index (χ0v) is 7.74. The van der Waals surface area contributed by atoms with Crippen LogP contribution in [-0.4, -0.2) is 43.9 Å². The average Bonchev–Trinajstić information content (AvgIpc) is 2.25. The normalized spacial score (nSPS) is 52.0. The monoisotopic (exact) mass is 206 g/mol. The summed E-state index contributed by atoms with van der Waals surface area (Å²) in [6.07, 6.45) is 1.40. The fourth-order valence-electron chi connectivity index (χ4n) is 2.14. The van der Waals surface area contributed by atoms with E-state index in [1.807, 2.05) is 4.90 Å². The van der Waals surface area contributed by atoms with Crippen molar-refractivity contribution in [2.45, 2.75) is 25.1 Å². The third-order valence-corrected chi connectivity index (χ3v) is 3.58. The van der Waals surface area contributed by atoms with Crippen LogP contribution >= 0.6 is 0 Å². The number of hydrogen-bond acceptors (Lipinski definition) is 6. The summed E-state index contributed by atoms with van der Waals surface area (Å²) >= 11 is 0. The number of piperidine rings is 1. The van der Waals surface area contributed by atoms with E-state index in [0.717, 1.165) is 19.4 Å². The number of hydrogen-bond donors (Lipinski definition) is 0. The van der Waals surface area contributed by atoms with Crippen molar-refractivity contribution in [3.63, 3.8) is 0 Å². The van der Waals surface area contributed by atoms with Crippen molar-refractivity contribution in [1.29, 1.82) is 0 Å². The van der Waals surface area contributed by atoms with Crippen LogP contribution in [0.3, 0.4) is 0 Å². The number of fused-ring (bicyclic) bond motifs is 3. The second kappa shape index (κ2) is 2.43. The van der Waals surface area contributed by atoms with E-state index in [1.54, 1.807) is 0 Å². The third kappa shape index (κ3) is 1.19. The summed E-state index contributed by atoms with van der Waals surface area (Å²) in [4.78, 5) is 1.98. The molecular weight excluding hydrogens is 196 g/mol. The molecule has 7 heteroatoms. The molecule has 4 unspecified atom stereocenters. The Kier molecular flexibility index (Phi) is 1.52. The molecule has 13 heavy (non-hydrogen) atoms. The molecule has 3 aliphatic heterocycles. The highest BCUT2D eigenvalue weighted by atomic mass is 32.3. The molecule has 0 saturated carbocycles. The van der Waals surface area contributed by atoms with Crippen LogP contribution in [0, 0.1) is 0 Å². The first-order valence-corrected chi connectivity index (χ1v) is 5.61. The Labute approximate surface area is 76.3 Å². The van der Waals surface area contributed by atoms with Crippen molar-refractivity contribution >= 4 is 10.4 Å². The summed E-state index contributed by atoms with van der Waals surface area (Å²) in [6.45, 7) is 1.38. The number of rotatable bonds is 0. The summed E-state index contributed by atoms with van der Waals surface area (Å²) in [5.74, 6) is 0. The van der Waals surface area contributed by atoms with Crippen molar-refractivity contribution in [2.75, 3.05) is 13.2 Å². The van der Waals surface area contributed by atoms with Gasteiger partial charge in [-0.2, -0.15) is 17.8 Å². The van der Waals surface area contributed by atoms with Crippen LogP contribution in [0.2, 0.25) is 0 Å². The van der Waals surface area contributed by atoms with Gasteiger partial charge in [-0.05, 0) is 12.8 Å². The molecule has 3 bridgehead atoms. The molecule has 0 N–H and O–H groups in total. The van der Waals surface area contributed by atoms with Gasteiger partial charge >= 0.3 is 10.4 Å². The zero-order chi connectivity index (χ0) is 9.05. The number of nitrogens with zero attached hydrogens (tertiary/aromatic N) is 2. The molecule has 0 aliphatic carbocycles. The zero-order valence-electron chi connectivity index (χ0n) is 6.92. The van der Waals surface area contributed by atoms with Crippen LogP contribution in [-0.2, 0) is 18.9 Å². The van der Waals surface area contributed by atoms with Gasteiger partial charge in [0, 0.05) is 6.54 Å². The Morgan fingerprint density at radius 1 is 1.31 bits per heavy atom. The lowest BCUT2D eigenvalue weighted by Gasteiger charge is -2.31. The van der Waals surface area contributed by atoms with Crippen molar-refractivity contribution in [3.05, 3.63) is 0 Å². The van der Waals surface area contributed by atoms with E-state index < -0.39 is 10.4 Å². The van der Waals surface area contributed by atoms with Crippen LogP contribution in [0.1, 0.15) is 12.8 Å². The minimum Gasteiger partial charge on any atom is -0.260 e. The largest absolute Gasteiger partial charge is 0.417 e. The molecule has 74 valence electrons. The average molecular weight is 206 g/mol. The molecule has 0 aromatic heterocycles. The van der Waals surface area contributed by atoms with Gasteiger partial charge in [0.25, 0.3) is 0 Å². The fourth-order valence-corrected chi connectivity index (χ4v) is 3.07. The van der Waals surface area contributed by atoms with E-state index in [-0.39, 0.29) is 12.3 Å². The Bertz CT molecular complexity index is 320. The lowest BCUT2D eigenvalue weighted by molar-refractivity contribution is -0.0793. The summed E-state index contributed by atoms with van der Waals surface area (Å²) < 4.78 is 31.9. The summed E-state index contributed by atoms with van der Waals surface area (Å²) in [6, 6.07) is 0.218. The Balaban J connectivity index is 2.01. The summed E-state index contributed by atoms with van der Waals surface area (Å²) in [7, 11) is -3.80. The molecule has 3 fully saturated rings. The van der Waals surface area contributed by atoms with Crippen molar-refractivity contribution in [3.8, 4) is 0 Å². The lowest BCUT2D eigenvalue weighted by Crippen LogP contribution is -2.43. The standard InChI is InChI=1S/C6H10N2O4S/c9-13(10)11-6-2-1-5-3-7(6)4-8(5)12-13/h5-6H,1-4H2. The topological polar surface area (TPSA) is 59.1 Å². The van der Waals surface area contributed by atoms with Crippen molar-refractivity contribution < 1.29 is 16.9 Å². The Hall–Kier alpha value is -0.210. The molecule has 0 aromatic carbocycles. The smallest absolute Gasteiger partial charge is 0.260 e. The molecule has 4 atom stereocenters. The van der Waals surface area contributed by atoms with E-state index in [4.69, 9.17) is 8.47 Å². The molecule has 0 aromatic rings. The van der Waals surface area contributed by atoms with Crippen molar-refractivity contribution in [2.24, 2.45) is 0 Å². The van der Waals surface area contributed by atoms with Gasteiger partial charge < -0.3 is 0 Å². The molecule has 0 spiro atoms. The molecule has 3 heterocycles. The maximum absolute atomic E-state index is 11.1. The molecule has 6 nitrogen and oxygen atoms in total. The quantitative estimate of drug-likeness (QED) is 0.520. The predicted molar refractivity (Wildman–Crippen MR) is 41.3 cm³/mol. The second-order valence-electron chi connectivity index (χ2n) is 3.59. The van der Waals surface area contributed by atoms with E-state index >= 15 is 0 Å².